The number of benzene rings is 2. The molecule has 1 heterocycles. The summed E-state index contributed by atoms with van der Waals surface area (Å²) in [4.78, 5) is 2.25. The highest BCUT2D eigenvalue weighted by Gasteiger charge is 2.25. The van der Waals surface area contributed by atoms with Crippen LogP contribution >= 0.6 is 0 Å². The topological polar surface area (TPSA) is 51.2 Å². The molecule has 1 fully saturated rings. The van der Waals surface area contributed by atoms with E-state index in [1.165, 1.54) is 0 Å². The Labute approximate surface area is 155 Å². The zero-order valence-corrected chi connectivity index (χ0v) is 15.4. The van der Waals surface area contributed by atoms with Gasteiger partial charge in [-0.05, 0) is 50.2 Å². The second-order valence-corrected chi connectivity index (χ2v) is 6.80. The molecule has 0 unspecified atom stereocenters. The molecule has 140 valence electrons. The highest BCUT2D eigenvalue weighted by Crippen LogP contribution is 2.23. The van der Waals surface area contributed by atoms with Crippen molar-refractivity contribution in [3.8, 4) is 17.2 Å². The molecule has 1 saturated heterocycles. The standard InChI is InChI=1S/C21H27NO4/c1-16-14-24-17(2)12-22(16)13-18(23)15-25-19-8-10-21(11-9-19)26-20-6-4-3-5-7-20/h3-11,16-18,23H,12-15H2,1-2H3/t16-,17+,18+/m0/s1. The van der Waals surface area contributed by atoms with Gasteiger partial charge in [-0.2, -0.15) is 0 Å². The molecule has 1 N–H and O–H groups in total. The first-order valence-electron chi connectivity index (χ1n) is 9.09. The number of β-amino-alcohol motifs (C(OH)–C–C–N with tert-alkyl or cyclic N) is 1. The third-order valence-corrected chi connectivity index (χ3v) is 4.43. The molecule has 5 heteroatoms. The van der Waals surface area contributed by atoms with Crippen LogP contribution < -0.4 is 9.47 Å². The maximum Gasteiger partial charge on any atom is 0.127 e. The van der Waals surface area contributed by atoms with E-state index in [0.29, 0.717) is 24.9 Å². The van der Waals surface area contributed by atoms with Gasteiger partial charge in [-0.3, -0.25) is 4.90 Å². The fraction of sp³-hybridized carbons (Fsp3) is 0.429. The van der Waals surface area contributed by atoms with Crippen molar-refractivity contribution in [3.05, 3.63) is 54.6 Å². The lowest BCUT2D eigenvalue weighted by atomic mass is 10.2. The molecule has 2 aromatic carbocycles. The van der Waals surface area contributed by atoms with Gasteiger partial charge < -0.3 is 19.3 Å². The Hall–Kier alpha value is -2.08. The summed E-state index contributed by atoms with van der Waals surface area (Å²) in [6.45, 7) is 6.56. The summed E-state index contributed by atoms with van der Waals surface area (Å²) in [5.74, 6) is 2.26. The van der Waals surface area contributed by atoms with Crippen molar-refractivity contribution in [2.75, 3.05) is 26.3 Å². The zero-order valence-electron chi connectivity index (χ0n) is 15.4. The van der Waals surface area contributed by atoms with E-state index in [4.69, 9.17) is 14.2 Å². The van der Waals surface area contributed by atoms with E-state index in [-0.39, 0.29) is 12.7 Å². The molecule has 0 amide bonds. The van der Waals surface area contributed by atoms with Gasteiger partial charge in [0.05, 0.1) is 12.7 Å². The predicted octanol–water partition coefficient (Wildman–Crippen LogP) is 3.33. The van der Waals surface area contributed by atoms with Crippen LogP contribution in [0.2, 0.25) is 0 Å². The number of nitrogens with zero attached hydrogens (tertiary/aromatic N) is 1. The van der Waals surface area contributed by atoms with Gasteiger partial charge in [0.25, 0.3) is 0 Å². The van der Waals surface area contributed by atoms with Crippen molar-refractivity contribution >= 4 is 0 Å². The molecule has 0 bridgehead atoms. The van der Waals surface area contributed by atoms with Gasteiger partial charge in [0, 0.05) is 19.1 Å². The number of para-hydroxylation sites is 1. The van der Waals surface area contributed by atoms with Gasteiger partial charge in [-0.1, -0.05) is 18.2 Å². The van der Waals surface area contributed by atoms with Crippen molar-refractivity contribution in [1.29, 1.82) is 0 Å². The van der Waals surface area contributed by atoms with Gasteiger partial charge in [0.15, 0.2) is 0 Å². The second kappa shape index (κ2) is 9.03. The van der Waals surface area contributed by atoms with Crippen LogP contribution in [0.25, 0.3) is 0 Å². The Bertz CT molecular complexity index is 661. The SMILES string of the molecule is C[C@@H]1CN(C[C@@H](O)COc2ccc(Oc3ccccc3)cc2)[C@@H](C)CO1. The number of hydrogen-bond acceptors (Lipinski definition) is 5. The maximum absolute atomic E-state index is 10.3. The van der Waals surface area contributed by atoms with Gasteiger partial charge in [0.1, 0.15) is 30.0 Å². The molecule has 0 aromatic heterocycles. The number of aliphatic hydroxyl groups excluding tert-OH is 1. The van der Waals surface area contributed by atoms with Crippen molar-refractivity contribution in [1.82, 2.24) is 4.90 Å². The first-order chi connectivity index (χ1) is 12.6. The number of hydrogen-bond donors (Lipinski definition) is 1. The molecule has 1 aliphatic rings. The summed E-state index contributed by atoms with van der Waals surface area (Å²) in [5, 5.41) is 10.3. The van der Waals surface area contributed by atoms with E-state index in [9.17, 15) is 5.11 Å². The molecule has 1 aliphatic heterocycles. The Morgan fingerprint density at radius 3 is 2.42 bits per heavy atom. The van der Waals surface area contributed by atoms with E-state index in [1.807, 2.05) is 54.6 Å². The van der Waals surface area contributed by atoms with E-state index in [0.717, 1.165) is 18.0 Å². The van der Waals surface area contributed by atoms with Crippen LogP contribution in [0.1, 0.15) is 13.8 Å². The number of morpholine rings is 1. The Morgan fingerprint density at radius 2 is 1.69 bits per heavy atom. The van der Waals surface area contributed by atoms with Crippen molar-refractivity contribution < 1.29 is 19.3 Å². The molecule has 5 nitrogen and oxygen atoms in total. The lowest BCUT2D eigenvalue weighted by molar-refractivity contribution is -0.0650. The molecule has 3 atom stereocenters. The fourth-order valence-corrected chi connectivity index (χ4v) is 2.97. The summed E-state index contributed by atoms with van der Waals surface area (Å²) >= 11 is 0. The Morgan fingerprint density at radius 1 is 1.04 bits per heavy atom. The number of aliphatic hydroxyl groups is 1. The lowest BCUT2D eigenvalue weighted by Crippen LogP contribution is -2.50. The van der Waals surface area contributed by atoms with E-state index < -0.39 is 6.10 Å². The second-order valence-electron chi connectivity index (χ2n) is 6.80. The average Bonchev–Trinajstić information content (AvgIpc) is 2.65. The monoisotopic (exact) mass is 357 g/mol. The third kappa shape index (κ3) is 5.46. The summed E-state index contributed by atoms with van der Waals surface area (Å²) < 4.78 is 17.1. The summed E-state index contributed by atoms with van der Waals surface area (Å²) in [6.07, 6.45) is -0.334. The van der Waals surface area contributed by atoms with Gasteiger partial charge in [0.2, 0.25) is 0 Å². The van der Waals surface area contributed by atoms with Crippen molar-refractivity contribution in [2.24, 2.45) is 0 Å². The molecule has 3 rings (SSSR count). The Kier molecular flexibility index (Phi) is 6.50. The van der Waals surface area contributed by atoms with Crippen LogP contribution in [-0.2, 0) is 4.74 Å². The molecule has 26 heavy (non-hydrogen) atoms. The van der Waals surface area contributed by atoms with Crippen molar-refractivity contribution in [3.63, 3.8) is 0 Å². The summed E-state index contributed by atoms with van der Waals surface area (Å²) in [6, 6.07) is 17.4. The van der Waals surface area contributed by atoms with Crippen LogP contribution in [0.15, 0.2) is 54.6 Å². The van der Waals surface area contributed by atoms with Gasteiger partial charge in [-0.15, -0.1) is 0 Å². The minimum absolute atomic E-state index is 0.205. The Balaban J connectivity index is 1.45. The average molecular weight is 357 g/mol. The van der Waals surface area contributed by atoms with E-state index in [2.05, 4.69) is 18.7 Å². The maximum atomic E-state index is 10.3. The minimum atomic E-state index is -0.539. The van der Waals surface area contributed by atoms with E-state index >= 15 is 0 Å². The van der Waals surface area contributed by atoms with E-state index in [1.54, 1.807) is 0 Å². The number of rotatable bonds is 7. The van der Waals surface area contributed by atoms with Gasteiger partial charge in [-0.25, -0.2) is 0 Å². The number of ether oxygens (including phenoxy) is 3. The highest BCUT2D eigenvalue weighted by atomic mass is 16.5. The normalized spacial score (nSPS) is 22.0. The minimum Gasteiger partial charge on any atom is -0.491 e. The fourth-order valence-electron chi connectivity index (χ4n) is 2.97. The van der Waals surface area contributed by atoms with Crippen LogP contribution in [-0.4, -0.2) is 54.6 Å². The quantitative estimate of drug-likeness (QED) is 0.824. The first-order valence-corrected chi connectivity index (χ1v) is 9.09. The zero-order chi connectivity index (χ0) is 18.4. The molecule has 0 aliphatic carbocycles. The lowest BCUT2D eigenvalue weighted by Gasteiger charge is -2.37. The van der Waals surface area contributed by atoms with Crippen molar-refractivity contribution in [2.45, 2.75) is 32.1 Å². The molecule has 2 aromatic rings. The molecular formula is C21H27NO4. The third-order valence-electron chi connectivity index (χ3n) is 4.43. The van der Waals surface area contributed by atoms with Gasteiger partial charge >= 0.3 is 0 Å². The highest BCUT2D eigenvalue weighted by molar-refractivity contribution is 5.35. The smallest absolute Gasteiger partial charge is 0.127 e. The predicted molar refractivity (Wildman–Crippen MR) is 101 cm³/mol. The van der Waals surface area contributed by atoms with Crippen LogP contribution in [0.5, 0.6) is 17.2 Å². The van der Waals surface area contributed by atoms with Crippen LogP contribution in [0.3, 0.4) is 0 Å². The molecule has 0 radical (unpaired) electrons. The van der Waals surface area contributed by atoms with Crippen LogP contribution in [0.4, 0.5) is 0 Å². The largest absolute Gasteiger partial charge is 0.491 e. The molecule has 0 saturated carbocycles. The first kappa shape index (κ1) is 18.7. The molecule has 0 spiro atoms. The summed E-state index contributed by atoms with van der Waals surface area (Å²) in [7, 11) is 0. The van der Waals surface area contributed by atoms with Crippen LogP contribution in [0, 0.1) is 0 Å². The summed E-state index contributed by atoms with van der Waals surface area (Å²) in [5.41, 5.74) is 0. The molecular weight excluding hydrogens is 330 g/mol.